The molecule has 15 heavy (non-hydrogen) atoms. The highest BCUT2D eigenvalue weighted by molar-refractivity contribution is 4.77. The molecule has 2 atom stereocenters. The highest BCUT2D eigenvalue weighted by Gasteiger charge is 2.21. The van der Waals surface area contributed by atoms with E-state index in [9.17, 15) is 0 Å². The molecule has 2 unspecified atom stereocenters. The maximum Gasteiger partial charge on any atom is 0.0699 e. The predicted molar refractivity (Wildman–Crippen MR) is 64.3 cm³/mol. The molecule has 0 aliphatic heterocycles. The van der Waals surface area contributed by atoms with Gasteiger partial charge in [-0.25, -0.2) is 0 Å². The van der Waals surface area contributed by atoms with Crippen LogP contribution in [0.4, 0.5) is 0 Å². The van der Waals surface area contributed by atoms with Crippen LogP contribution in [0.25, 0.3) is 0 Å². The average Bonchev–Trinajstić information content (AvgIpc) is 2.19. The fourth-order valence-corrected chi connectivity index (χ4v) is 1.60. The van der Waals surface area contributed by atoms with E-state index in [1.807, 2.05) is 14.0 Å². The van der Waals surface area contributed by atoms with Gasteiger partial charge in [0.2, 0.25) is 0 Å². The first-order chi connectivity index (χ1) is 6.96. The molecule has 1 N–H and O–H groups in total. The smallest absolute Gasteiger partial charge is 0.0699 e. The Morgan fingerprint density at radius 2 is 1.93 bits per heavy atom. The van der Waals surface area contributed by atoms with E-state index in [0.29, 0.717) is 6.04 Å². The number of nitrogens with one attached hydrogen (secondary N) is 1. The van der Waals surface area contributed by atoms with Gasteiger partial charge in [-0.15, -0.1) is 0 Å². The van der Waals surface area contributed by atoms with Crippen molar-refractivity contribution in [3.05, 3.63) is 0 Å². The molecule has 0 fully saturated rings. The number of rotatable bonds is 8. The highest BCUT2D eigenvalue weighted by atomic mass is 16.5. The zero-order valence-corrected chi connectivity index (χ0v) is 11.1. The summed E-state index contributed by atoms with van der Waals surface area (Å²) in [5.41, 5.74) is -0.0406. The van der Waals surface area contributed by atoms with Crippen LogP contribution in [0.3, 0.4) is 0 Å². The molecule has 0 saturated heterocycles. The first-order valence-electron chi connectivity index (χ1n) is 5.81. The van der Waals surface area contributed by atoms with Crippen molar-refractivity contribution in [2.75, 3.05) is 20.8 Å². The van der Waals surface area contributed by atoms with Crippen LogP contribution >= 0.6 is 0 Å². The Balaban J connectivity index is 3.99. The van der Waals surface area contributed by atoms with Crippen molar-refractivity contribution in [2.24, 2.45) is 0 Å². The molecular weight excluding hydrogens is 190 g/mol. The predicted octanol–water partition coefficient (Wildman–Crippen LogP) is 2.20. The molecule has 0 aromatic carbocycles. The van der Waals surface area contributed by atoms with Crippen LogP contribution in [0.5, 0.6) is 0 Å². The van der Waals surface area contributed by atoms with Crippen molar-refractivity contribution >= 4 is 0 Å². The number of hydrogen-bond donors (Lipinski definition) is 1. The summed E-state index contributed by atoms with van der Waals surface area (Å²) in [7, 11) is 3.75. The van der Waals surface area contributed by atoms with E-state index in [-0.39, 0.29) is 11.7 Å². The fraction of sp³-hybridized carbons (Fsp3) is 1.00. The Labute approximate surface area is 94.5 Å². The maximum absolute atomic E-state index is 5.59. The summed E-state index contributed by atoms with van der Waals surface area (Å²) in [5.74, 6) is 0. The zero-order chi connectivity index (χ0) is 11.9. The van der Waals surface area contributed by atoms with Gasteiger partial charge in [0.05, 0.1) is 11.7 Å². The summed E-state index contributed by atoms with van der Waals surface area (Å²) in [6.45, 7) is 9.15. The van der Waals surface area contributed by atoms with Gasteiger partial charge in [0, 0.05) is 19.8 Å². The molecule has 0 aromatic heterocycles. The standard InChI is InChI=1S/C12H27NO2/c1-7-15-10(2)11(13-5)8-9-12(3,4)14-6/h10-11,13H,7-9H2,1-6H3. The monoisotopic (exact) mass is 217 g/mol. The molecule has 0 rings (SSSR count). The molecule has 3 heteroatoms. The molecule has 0 radical (unpaired) electrons. The average molecular weight is 217 g/mol. The van der Waals surface area contributed by atoms with Gasteiger partial charge < -0.3 is 14.8 Å². The van der Waals surface area contributed by atoms with E-state index >= 15 is 0 Å². The quantitative estimate of drug-likeness (QED) is 0.676. The Bertz CT molecular complexity index is 160. The van der Waals surface area contributed by atoms with Gasteiger partial charge in [0.25, 0.3) is 0 Å². The van der Waals surface area contributed by atoms with Gasteiger partial charge in [-0.1, -0.05) is 0 Å². The summed E-state index contributed by atoms with van der Waals surface area (Å²) in [4.78, 5) is 0. The molecular formula is C12H27NO2. The molecule has 0 spiro atoms. The SMILES string of the molecule is CCOC(C)C(CCC(C)(C)OC)NC. The normalized spacial score (nSPS) is 16.4. The zero-order valence-electron chi connectivity index (χ0n) is 11.1. The van der Waals surface area contributed by atoms with Gasteiger partial charge >= 0.3 is 0 Å². The molecule has 0 aliphatic rings. The van der Waals surface area contributed by atoms with E-state index in [2.05, 4.69) is 26.1 Å². The third kappa shape index (κ3) is 6.13. The summed E-state index contributed by atoms with van der Waals surface area (Å²) in [5, 5.41) is 3.30. The number of methoxy groups -OCH3 is 1. The van der Waals surface area contributed by atoms with Crippen LogP contribution in [0.2, 0.25) is 0 Å². The van der Waals surface area contributed by atoms with Gasteiger partial charge in [0.1, 0.15) is 0 Å². The molecule has 0 aromatic rings. The van der Waals surface area contributed by atoms with Crippen LogP contribution in [0, 0.1) is 0 Å². The van der Waals surface area contributed by atoms with Crippen molar-refractivity contribution in [1.82, 2.24) is 5.32 Å². The Morgan fingerprint density at radius 1 is 1.33 bits per heavy atom. The Kier molecular flexibility index (Phi) is 7.14. The largest absolute Gasteiger partial charge is 0.379 e. The van der Waals surface area contributed by atoms with E-state index in [0.717, 1.165) is 19.4 Å². The molecule has 0 saturated carbocycles. The lowest BCUT2D eigenvalue weighted by Crippen LogP contribution is -2.39. The second-order valence-corrected chi connectivity index (χ2v) is 4.56. The van der Waals surface area contributed by atoms with Crippen molar-refractivity contribution < 1.29 is 9.47 Å². The molecule has 92 valence electrons. The van der Waals surface area contributed by atoms with Gasteiger partial charge in [-0.3, -0.25) is 0 Å². The minimum absolute atomic E-state index is 0.0406. The number of likely N-dealkylation sites (N-methyl/N-ethyl adjacent to an activating group) is 1. The summed E-state index contributed by atoms with van der Waals surface area (Å²) in [6, 6.07) is 0.402. The molecule has 0 heterocycles. The lowest BCUT2D eigenvalue weighted by atomic mass is 9.97. The van der Waals surface area contributed by atoms with Crippen molar-refractivity contribution in [1.29, 1.82) is 0 Å². The summed E-state index contributed by atoms with van der Waals surface area (Å²) < 4.78 is 11.0. The number of hydrogen-bond acceptors (Lipinski definition) is 3. The van der Waals surface area contributed by atoms with Gasteiger partial charge in [0.15, 0.2) is 0 Å². The Hall–Kier alpha value is -0.120. The van der Waals surface area contributed by atoms with Crippen LogP contribution in [-0.2, 0) is 9.47 Å². The van der Waals surface area contributed by atoms with E-state index in [1.165, 1.54) is 0 Å². The van der Waals surface area contributed by atoms with Gasteiger partial charge in [-0.05, 0) is 47.6 Å². The second kappa shape index (κ2) is 7.20. The molecule has 3 nitrogen and oxygen atoms in total. The van der Waals surface area contributed by atoms with E-state index in [1.54, 1.807) is 7.11 Å². The van der Waals surface area contributed by atoms with Crippen LogP contribution in [0.1, 0.15) is 40.5 Å². The lowest BCUT2D eigenvalue weighted by molar-refractivity contribution is 0.000398. The fourth-order valence-electron chi connectivity index (χ4n) is 1.60. The minimum Gasteiger partial charge on any atom is -0.379 e. The summed E-state index contributed by atoms with van der Waals surface area (Å²) >= 11 is 0. The van der Waals surface area contributed by atoms with Crippen LogP contribution in [0.15, 0.2) is 0 Å². The summed E-state index contributed by atoms with van der Waals surface area (Å²) in [6.07, 6.45) is 2.36. The van der Waals surface area contributed by atoms with Gasteiger partial charge in [-0.2, -0.15) is 0 Å². The second-order valence-electron chi connectivity index (χ2n) is 4.56. The van der Waals surface area contributed by atoms with Crippen molar-refractivity contribution in [3.63, 3.8) is 0 Å². The van der Waals surface area contributed by atoms with Crippen molar-refractivity contribution in [2.45, 2.75) is 58.3 Å². The van der Waals surface area contributed by atoms with E-state index in [4.69, 9.17) is 9.47 Å². The van der Waals surface area contributed by atoms with Crippen LogP contribution in [-0.4, -0.2) is 38.5 Å². The molecule has 0 amide bonds. The highest BCUT2D eigenvalue weighted by Crippen LogP contribution is 2.18. The number of ether oxygens (including phenoxy) is 2. The lowest BCUT2D eigenvalue weighted by Gasteiger charge is -2.28. The molecule has 0 aliphatic carbocycles. The maximum atomic E-state index is 5.59. The molecule has 0 bridgehead atoms. The first-order valence-corrected chi connectivity index (χ1v) is 5.81. The topological polar surface area (TPSA) is 30.5 Å². The third-order valence-electron chi connectivity index (χ3n) is 2.98. The van der Waals surface area contributed by atoms with Crippen molar-refractivity contribution in [3.8, 4) is 0 Å². The van der Waals surface area contributed by atoms with E-state index < -0.39 is 0 Å². The Morgan fingerprint density at radius 3 is 2.33 bits per heavy atom. The first kappa shape index (κ1) is 14.9. The third-order valence-corrected chi connectivity index (χ3v) is 2.98. The minimum atomic E-state index is -0.0406. The van der Waals surface area contributed by atoms with Crippen LogP contribution < -0.4 is 5.32 Å².